The lowest BCUT2D eigenvalue weighted by molar-refractivity contribution is -0.147. The first-order chi connectivity index (χ1) is 22.7. The number of esters is 1. The Morgan fingerprint density at radius 1 is 1.12 bits per heavy atom. The quantitative estimate of drug-likeness (QED) is 0.156. The maximum atomic E-state index is 14.1. The lowest BCUT2D eigenvalue weighted by Gasteiger charge is -2.30. The van der Waals surface area contributed by atoms with Crippen LogP contribution in [0.3, 0.4) is 0 Å². The Bertz CT molecular complexity index is 1610. The number of nitrogens with zero attached hydrogens (tertiary/aromatic N) is 3. The van der Waals surface area contributed by atoms with Gasteiger partial charge in [0.25, 0.3) is 0 Å². The van der Waals surface area contributed by atoms with Crippen molar-refractivity contribution in [3.63, 3.8) is 0 Å². The van der Waals surface area contributed by atoms with E-state index in [1.807, 2.05) is 45.9 Å². The molecule has 1 amide bonds. The molecule has 2 aliphatic rings. The topological polar surface area (TPSA) is 178 Å². The van der Waals surface area contributed by atoms with Crippen molar-refractivity contribution in [3.05, 3.63) is 54.5 Å². The number of nitrogens with two attached hydrogens (primary N) is 1. The summed E-state index contributed by atoms with van der Waals surface area (Å²) in [5.41, 5.74) is 6.16. The first-order valence-electron chi connectivity index (χ1n) is 16.4. The van der Waals surface area contributed by atoms with Crippen molar-refractivity contribution in [1.29, 1.82) is 0 Å². The predicted octanol–water partition coefficient (Wildman–Crippen LogP) is 5.73. The molecule has 2 fully saturated rings. The van der Waals surface area contributed by atoms with Gasteiger partial charge < -0.3 is 29.8 Å². The van der Waals surface area contributed by atoms with Gasteiger partial charge in [-0.2, -0.15) is 10.2 Å². The molecule has 15 heteroatoms. The van der Waals surface area contributed by atoms with Crippen LogP contribution >= 0.6 is 7.75 Å². The van der Waals surface area contributed by atoms with Crippen LogP contribution in [0.1, 0.15) is 84.9 Å². The van der Waals surface area contributed by atoms with E-state index in [0.29, 0.717) is 29.9 Å². The van der Waals surface area contributed by atoms with Crippen LogP contribution in [0.15, 0.2) is 48.8 Å². The number of para-hydroxylation sites is 1. The number of amides is 1. The van der Waals surface area contributed by atoms with Gasteiger partial charge in [0.2, 0.25) is 0 Å². The summed E-state index contributed by atoms with van der Waals surface area (Å²) < 4.78 is 45.1. The fourth-order valence-corrected chi connectivity index (χ4v) is 7.53. The van der Waals surface area contributed by atoms with E-state index < -0.39 is 37.1 Å². The third-order valence-electron chi connectivity index (χ3n) is 8.45. The van der Waals surface area contributed by atoms with Crippen LogP contribution in [0.5, 0.6) is 5.75 Å². The van der Waals surface area contributed by atoms with Crippen LogP contribution in [0.2, 0.25) is 0 Å². The minimum atomic E-state index is -4.09. The minimum absolute atomic E-state index is 0.0158. The second-order valence-corrected chi connectivity index (χ2v) is 15.5. The zero-order valence-electron chi connectivity index (χ0n) is 28.2. The van der Waals surface area contributed by atoms with Gasteiger partial charge >= 0.3 is 19.8 Å². The van der Waals surface area contributed by atoms with E-state index in [1.54, 1.807) is 35.7 Å². The lowest BCUT2D eigenvalue weighted by Crippen LogP contribution is -2.41. The monoisotopic (exact) mass is 686 g/mol. The number of ether oxygens (including phenoxy) is 3. The van der Waals surface area contributed by atoms with Crippen molar-refractivity contribution in [3.8, 4) is 5.75 Å². The molecule has 0 spiro atoms. The molecule has 1 saturated heterocycles. The molecule has 2 aromatic heterocycles. The Balaban J connectivity index is 1.15. The molecular weight excluding hydrogens is 639 g/mol. The summed E-state index contributed by atoms with van der Waals surface area (Å²) in [7, 11) is -4.09. The lowest BCUT2D eigenvalue weighted by atomic mass is 9.86. The molecule has 48 heavy (non-hydrogen) atoms. The maximum Gasteiger partial charge on any atom is 0.459 e. The molecule has 1 unspecified atom stereocenters. The molecule has 3 heterocycles. The number of hydrogen-bond acceptors (Lipinski definition) is 11. The van der Waals surface area contributed by atoms with Crippen LogP contribution in [-0.4, -0.2) is 63.2 Å². The molecule has 1 aliphatic carbocycles. The summed E-state index contributed by atoms with van der Waals surface area (Å²) in [6.45, 7) is 9.07. The number of fused-ring (bicyclic) bond motifs is 1. The number of benzene rings is 1. The van der Waals surface area contributed by atoms with Gasteiger partial charge in [0.05, 0.1) is 24.5 Å². The van der Waals surface area contributed by atoms with Gasteiger partial charge in [0.15, 0.2) is 5.82 Å². The van der Waals surface area contributed by atoms with E-state index in [1.165, 1.54) is 6.33 Å². The largest absolute Gasteiger partial charge is 0.464 e. The predicted molar refractivity (Wildman–Crippen MR) is 178 cm³/mol. The first kappa shape index (κ1) is 35.6. The Hall–Kier alpha value is -3.71. The minimum Gasteiger partial charge on any atom is -0.464 e. The third kappa shape index (κ3) is 9.46. The van der Waals surface area contributed by atoms with E-state index in [4.69, 9.17) is 29.0 Å². The van der Waals surface area contributed by atoms with Crippen LogP contribution < -0.4 is 20.7 Å². The summed E-state index contributed by atoms with van der Waals surface area (Å²) in [5.74, 6) is 0.264. The summed E-state index contributed by atoms with van der Waals surface area (Å²) in [5, 5.41) is 10.0. The molecule has 1 saturated carbocycles. The second kappa shape index (κ2) is 14.8. The molecule has 1 aliphatic heterocycles. The van der Waals surface area contributed by atoms with Crippen LogP contribution in [0.25, 0.3) is 5.52 Å². The zero-order valence-corrected chi connectivity index (χ0v) is 29.1. The van der Waals surface area contributed by atoms with Gasteiger partial charge in [-0.15, -0.1) is 0 Å². The van der Waals surface area contributed by atoms with E-state index in [-0.39, 0.29) is 31.3 Å². The fourth-order valence-electron chi connectivity index (χ4n) is 5.92. The number of carbonyl (C=O) groups is 2. The molecule has 3 aromatic rings. The number of alkyl carbamates (subject to hydrolysis) is 1. The number of hydrogen-bond donors (Lipinski definition) is 3. The van der Waals surface area contributed by atoms with Gasteiger partial charge in [-0.3, -0.25) is 9.32 Å². The Kier molecular flexibility index (Phi) is 11.0. The van der Waals surface area contributed by atoms with Crippen molar-refractivity contribution < 1.29 is 37.4 Å². The van der Waals surface area contributed by atoms with Gasteiger partial charge in [0, 0.05) is 6.04 Å². The fraction of sp³-hybridized carbons (Fsp3) is 0.576. The molecule has 4 N–H and O–H groups in total. The van der Waals surface area contributed by atoms with E-state index >= 15 is 0 Å². The third-order valence-corrected chi connectivity index (χ3v) is 10.1. The summed E-state index contributed by atoms with van der Waals surface area (Å²) in [6.07, 6.45) is 5.05. The number of nitrogen functional groups attached to an aromatic ring is 1. The second-order valence-electron chi connectivity index (χ2n) is 13.8. The Morgan fingerprint density at radius 2 is 1.85 bits per heavy atom. The molecule has 0 bridgehead atoms. The maximum absolute atomic E-state index is 14.1. The molecule has 0 radical (unpaired) electrons. The zero-order chi connectivity index (χ0) is 34.5. The normalized spacial score (nSPS) is 24.8. The van der Waals surface area contributed by atoms with Crippen molar-refractivity contribution >= 4 is 31.1 Å². The average Bonchev–Trinajstić information content (AvgIpc) is 3.64. The van der Waals surface area contributed by atoms with Gasteiger partial charge in [-0.1, -0.05) is 18.2 Å². The van der Waals surface area contributed by atoms with Crippen LogP contribution in [-0.2, 0) is 28.1 Å². The van der Waals surface area contributed by atoms with E-state index in [2.05, 4.69) is 20.5 Å². The van der Waals surface area contributed by atoms with Crippen molar-refractivity contribution in [2.75, 3.05) is 18.9 Å². The van der Waals surface area contributed by atoms with Gasteiger partial charge in [-0.25, -0.2) is 18.9 Å². The smallest absolute Gasteiger partial charge is 0.459 e. The number of nitrogens with one attached hydrogen (secondary N) is 2. The van der Waals surface area contributed by atoms with E-state index in [9.17, 15) is 14.2 Å². The number of carbonyl (C=O) groups excluding carboxylic acids is 2. The highest BCUT2D eigenvalue weighted by molar-refractivity contribution is 7.52. The molecule has 1 aromatic carbocycles. The molecule has 4 atom stereocenters. The van der Waals surface area contributed by atoms with Crippen molar-refractivity contribution in [2.24, 2.45) is 5.92 Å². The molecule has 14 nitrogen and oxygen atoms in total. The van der Waals surface area contributed by atoms with Crippen LogP contribution in [0, 0.1) is 5.92 Å². The summed E-state index contributed by atoms with van der Waals surface area (Å²) >= 11 is 0. The number of anilines is 1. The Labute approximate surface area is 281 Å². The molecular formula is C33H47N6O8P. The SMILES string of the molecule is C[C@H](NP(=O)(OC[C@]1(C)CC[C@H](c2ccc3c(N)ncnn23)O1)Oc1ccccc1)C(=O)OC[C@H]1CC[C@H](NC(=O)OC(C)(C)C)CC1. The summed E-state index contributed by atoms with van der Waals surface area (Å²) in [6, 6.07) is 11.4. The highest BCUT2D eigenvalue weighted by atomic mass is 31.2. The highest BCUT2D eigenvalue weighted by Gasteiger charge is 2.42. The average molecular weight is 687 g/mol. The van der Waals surface area contributed by atoms with E-state index in [0.717, 1.165) is 31.4 Å². The van der Waals surface area contributed by atoms with Crippen molar-refractivity contribution in [1.82, 2.24) is 25.0 Å². The molecule has 5 rings (SSSR count). The summed E-state index contributed by atoms with van der Waals surface area (Å²) in [4.78, 5) is 29.2. The number of aromatic nitrogens is 3. The Morgan fingerprint density at radius 3 is 2.56 bits per heavy atom. The standard InChI is InChI=1S/C33H47N6O8P/c1-22(30(40)43-19-23-11-13-24(14-12-23)37-31(41)46-32(2,3)4)38-48(42,47-25-9-7-6-8-10-25)44-20-33(5)18-17-28(45-33)26-15-16-27-29(34)35-21-36-39(26)27/h6-10,15-16,21-24,28H,11-14,17-20H2,1-5H3,(H,37,41)(H,38,42)(H2,34,35,36)/t22-,23-,24-,28+,33-,48?/m0/s1. The number of rotatable bonds is 12. The molecule has 262 valence electrons. The van der Waals surface area contributed by atoms with Gasteiger partial charge in [0.1, 0.15) is 35.3 Å². The van der Waals surface area contributed by atoms with Crippen molar-refractivity contribution in [2.45, 2.75) is 103 Å². The first-order valence-corrected chi connectivity index (χ1v) is 17.9. The highest BCUT2D eigenvalue weighted by Crippen LogP contribution is 2.48. The van der Waals surface area contributed by atoms with Gasteiger partial charge in [-0.05, 0) is 103 Å². The van der Waals surface area contributed by atoms with Crippen LogP contribution in [0.4, 0.5) is 10.6 Å².